The number of phenols is 1. The number of carbonyl (C=O) groups excluding carboxylic acids is 2. The molecule has 6 nitrogen and oxygen atoms in total. The second-order valence-electron chi connectivity index (χ2n) is 4.29. The molecule has 0 bridgehead atoms. The number of carbonyl (C=O) groups is 2. The van der Waals surface area contributed by atoms with E-state index in [1.807, 2.05) is 13.8 Å². The molecule has 0 aliphatic rings. The van der Waals surface area contributed by atoms with Crippen molar-refractivity contribution in [1.29, 1.82) is 0 Å². The van der Waals surface area contributed by atoms with Crippen LogP contribution in [0.15, 0.2) is 18.2 Å². The number of methoxy groups -OCH3 is 1. The van der Waals surface area contributed by atoms with Gasteiger partial charge < -0.3 is 20.5 Å². The van der Waals surface area contributed by atoms with E-state index >= 15 is 0 Å². The van der Waals surface area contributed by atoms with Gasteiger partial charge in [-0.3, -0.25) is 9.59 Å². The average molecular weight is 266 g/mol. The van der Waals surface area contributed by atoms with Crippen LogP contribution in [0.2, 0.25) is 0 Å². The summed E-state index contributed by atoms with van der Waals surface area (Å²) in [5, 5.41) is 14.7. The van der Waals surface area contributed by atoms with Crippen LogP contribution in [-0.4, -0.2) is 36.6 Å². The van der Waals surface area contributed by atoms with Crippen LogP contribution in [0.4, 0.5) is 0 Å². The SMILES string of the molecule is COc1ccc(C(=O)NCC(=O)NC(C)C)c(O)c1. The number of rotatable bonds is 5. The third-order valence-electron chi connectivity index (χ3n) is 2.31. The summed E-state index contributed by atoms with van der Waals surface area (Å²) < 4.78 is 4.92. The van der Waals surface area contributed by atoms with E-state index in [2.05, 4.69) is 10.6 Å². The van der Waals surface area contributed by atoms with E-state index in [-0.39, 0.29) is 29.8 Å². The molecule has 0 aromatic heterocycles. The van der Waals surface area contributed by atoms with Crippen LogP contribution in [0.25, 0.3) is 0 Å². The van der Waals surface area contributed by atoms with Gasteiger partial charge in [0.2, 0.25) is 5.91 Å². The molecule has 6 heteroatoms. The average Bonchev–Trinajstić information content (AvgIpc) is 2.35. The summed E-state index contributed by atoms with van der Waals surface area (Å²) in [5.41, 5.74) is 0.0955. The maximum absolute atomic E-state index is 11.8. The molecule has 0 radical (unpaired) electrons. The molecule has 1 aromatic rings. The number of hydrogen-bond acceptors (Lipinski definition) is 4. The Morgan fingerprint density at radius 3 is 2.58 bits per heavy atom. The minimum atomic E-state index is -0.515. The van der Waals surface area contributed by atoms with Gasteiger partial charge in [0.15, 0.2) is 0 Å². The van der Waals surface area contributed by atoms with E-state index < -0.39 is 5.91 Å². The molecule has 104 valence electrons. The Bertz CT molecular complexity index is 472. The lowest BCUT2D eigenvalue weighted by molar-refractivity contribution is -0.120. The van der Waals surface area contributed by atoms with Crippen LogP contribution in [-0.2, 0) is 4.79 Å². The first kappa shape index (κ1) is 14.8. The fourth-order valence-corrected chi connectivity index (χ4v) is 1.46. The van der Waals surface area contributed by atoms with Crippen LogP contribution in [0, 0.1) is 0 Å². The van der Waals surface area contributed by atoms with E-state index in [1.165, 1.54) is 19.2 Å². The van der Waals surface area contributed by atoms with Crippen molar-refractivity contribution >= 4 is 11.8 Å². The number of phenolic OH excluding ortho intramolecular Hbond substituents is 1. The van der Waals surface area contributed by atoms with Crippen molar-refractivity contribution in [1.82, 2.24) is 10.6 Å². The minimum absolute atomic E-state index is 0.0128. The van der Waals surface area contributed by atoms with Crippen molar-refractivity contribution in [2.24, 2.45) is 0 Å². The lowest BCUT2D eigenvalue weighted by Gasteiger charge is -2.10. The second kappa shape index (κ2) is 6.63. The quantitative estimate of drug-likeness (QED) is 0.730. The normalized spacial score (nSPS) is 10.1. The van der Waals surface area contributed by atoms with Gasteiger partial charge >= 0.3 is 0 Å². The lowest BCUT2D eigenvalue weighted by Crippen LogP contribution is -2.39. The third-order valence-corrected chi connectivity index (χ3v) is 2.31. The van der Waals surface area contributed by atoms with Crippen molar-refractivity contribution in [3.8, 4) is 11.5 Å². The Hall–Kier alpha value is -2.24. The van der Waals surface area contributed by atoms with Gasteiger partial charge in [-0.25, -0.2) is 0 Å². The van der Waals surface area contributed by atoms with Crippen LogP contribution in [0.5, 0.6) is 11.5 Å². The van der Waals surface area contributed by atoms with Gasteiger partial charge in [0.25, 0.3) is 5.91 Å². The van der Waals surface area contributed by atoms with Crippen molar-refractivity contribution in [2.45, 2.75) is 19.9 Å². The number of aromatic hydroxyl groups is 1. The van der Waals surface area contributed by atoms with Crippen molar-refractivity contribution in [3.63, 3.8) is 0 Å². The van der Waals surface area contributed by atoms with E-state index in [9.17, 15) is 14.7 Å². The van der Waals surface area contributed by atoms with Gasteiger partial charge in [0.05, 0.1) is 19.2 Å². The first-order chi connectivity index (χ1) is 8.93. The molecule has 19 heavy (non-hydrogen) atoms. The minimum Gasteiger partial charge on any atom is -0.507 e. The molecule has 0 spiro atoms. The zero-order valence-corrected chi connectivity index (χ0v) is 11.2. The van der Waals surface area contributed by atoms with Crippen molar-refractivity contribution in [3.05, 3.63) is 23.8 Å². The Morgan fingerprint density at radius 2 is 2.05 bits per heavy atom. The molecular weight excluding hydrogens is 248 g/mol. The fourth-order valence-electron chi connectivity index (χ4n) is 1.46. The number of benzene rings is 1. The highest BCUT2D eigenvalue weighted by Gasteiger charge is 2.13. The van der Waals surface area contributed by atoms with Crippen molar-refractivity contribution in [2.75, 3.05) is 13.7 Å². The summed E-state index contributed by atoms with van der Waals surface area (Å²) in [4.78, 5) is 23.1. The predicted molar refractivity (Wildman–Crippen MR) is 70.3 cm³/mol. The maximum atomic E-state index is 11.8. The van der Waals surface area contributed by atoms with Crippen LogP contribution in [0.3, 0.4) is 0 Å². The number of amides is 2. The van der Waals surface area contributed by atoms with Crippen LogP contribution < -0.4 is 15.4 Å². The van der Waals surface area contributed by atoms with Gasteiger partial charge in [0, 0.05) is 12.1 Å². The number of hydrogen-bond donors (Lipinski definition) is 3. The monoisotopic (exact) mass is 266 g/mol. The van der Waals surface area contributed by atoms with Gasteiger partial charge in [-0.1, -0.05) is 0 Å². The topological polar surface area (TPSA) is 87.7 Å². The van der Waals surface area contributed by atoms with Crippen LogP contribution in [0.1, 0.15) is 24.2 Å². The smallest absolute Gasteiger partial charge is 0.255 e. The molecule has 0 saturated heterocycles. The van der Waals surface area contributed by atoms with Gasteiger partial charge in [0.1, 0.15) is 11.5 Å². The molecule has 0 atom stereocenters. The highest BCUT2D eigenvalue weighted by molar-refractivity contribution is 5.98. The molecule has 0 unspecified atom stereocenters. The fraction of sp³-hybridized carbons (Fsp3) is 0.385. The highest BCUT2D eigenvalue weighted by atomic mass is 16.5. The zero-order valence-electron chi connectivity index (χ0n) is 11.2. The molecule has 1 rings (SSSR count). The molecule has 0 heterocycles. The molecule has 0 saturated carbocycles. The summed E-state index contributed by atoms with van der Waals surface area (Å²) >= 11 is 0. The lowest BCUT2D eigenvalue weighted by atomic mass is 10.2. The molecule has 0 aliphatic carbocycles. The number of ether oxygens (including phenoxy) is 1. The molecule has 0 fully saturated rings. The molecule has 0 aliphatic heterocycles. The summed E-state index contributed by atoms with van der Waals surface area (Å²) in [5.74, 6) is -0.539. The second-order valence-corrected chi connectivity index (χ2v) is 4.29. The van der Waals surface area contributed by atoms with E-state index in [0.717, 1.165) is 0 Å². The Labute approximate surface area is 111 Å². The van der Waals surface area contributed by atoms with E-state index in [4.69, 9.17) is 4.74 Å². The molecular formula is C13H18N2O4. The maximum Gasteiger partial charge on any atom is 0.255 e. The Kier molecular flexibility index (Phi) is 5.17. The number of nitrogens with one attached hydrogen (secondary N) is 2. The Morgan fingerprint density at radius 1 is 1.37 bits per heavy atom. The summed E-state index contributed by atoms with van der Waals surface area (Å²) in [6.07, 6.45) is 0. The van der Waals surface area contributed by atoms with E-state index in [1.54, 1.807) is 6.07 Å². The van der Waals surface area contributed by atoms with Crippen LogP contribution >= 0.6 is 0 Å². The predicted octanol–water partition coefficient (Wildman–Crippen LogP) is 0.655. The molecule has 3 N–H and O–H groups in total. The summed E-state index contributed by atoms with van der Waals surface area (Å²) in [6.45, 7) is 3.52. The Balaban J connectivity index is 2.61. The molecule has 1 aromatic carbocycles. The standard InChI is InChI=1S/C13H18N2O4/c1-8(2)15-12(17)7-14-13(18)10-5-4-9(19-3)6-11(10)16/h4-6,8,16H,7H2,1-3H3,(H,14,18)(H,15,17). The molecule has 2 amide bonds. The first-order valence-electron chi connectivity index (χ1n) is 5.88. The van der Waals surface area contributed by atoms with Gasteiger partial charge in [-0.15, -0.1) is 0 Å². The largest absolute Gasteiger partial charge is 0.507 e. The highest BCUT2D eigenvalue weighted by Crippen LogP contribution is 2.22. The summed E-state index contributed by atoms with van der Waals surface area (Å²) in [7, 11) is 1.46. The third kappa shape index (κ3) is 4.50. The zero-order chi connectivity index (χ0) is 14.4. The first-order valence-corrected chi connectivity index (χ1v) is 5.88. The van der Waals surface area contributed by atoms with Gasteiger partial charge in [-0.05, 0) is 26.0 Å². The van der Waals surface area contributed by atoms with Crippen molar-refractivity contribution < 1.29 is 19.4 Å². The van der Waals surface area contributed by atoms with Gasteiger partial charge in [-0.2, -0.15) is 0 Å². The van der Waals surface area contributed by atoms with E-state index in [0.29, 0.717) is 5.75 Å². The summed E-state index contributed by atoms with van der Waals surface area (Å²) in [6, 6.07) is 4.34.